The summed E-state index contributed by atoms with van der Waals surface area (Å²) in [6.07, 6.45) is -0.946. The van der Waals surface area contributed by atoms with E-state index in [4.69, 9.17) is 0 Å². The summed E-state index contributed by atoms with van der Waals surface area (Å²) in [5.74, 6) is -2.07. The Kier molecular flexibility index (Phi) is 4.41. The molecule has 0 N–H and O–H groups in total. The zero-order valence-electron chi connectivity index (χ0n) is 11.0. The van der Waals surface area contributed by atoms with Gasteiger partial charge in [0.25, 0.3) is 0 Å². The molecule has 2 rings (SSSR count). The summed E-state index contributed by atoms with van der Waals surface area (Å²) in [6, 6.07) is 0. The Balaban J connectivity index is 1.75. The quantitative estimate of drug-likeness (QED) is 0.581. The van der Waals surface area contributed by atoms with E-state index in [0.29, 0.717) is 37.5 Å². The van der Waals surface area contributed by atoms with Crippen molar-refractivity contribution >= 4 is 0 Å². The Morgan fingerprint density at radius 1 is 0.789 bits per heavy atom. The van der Waals surface area contributed by atoms with E-state index in [0.717, 1.165) is 12.8 Å². The van der Waals surface area contributed by atoms with Crippen LogP contribution in [-0.4, -0.2) is 12.1 Å². The maximum Gasteiger partial charge on any atom is 0.389 e. The van der Waals surface area contributed by atoms with E-state index in [2.05, 4.69) is 0 Å². The highest BCUT2D eigenvalue weighted by atomic mass is 19.4. The average Bonchev–Trinajstić information content (AvgIpc) is 2.28. The van der Waals surface area contributed by atoms with Crippen molar-refractivity contribution < 1.29 is 22.0 Å². The minimum atomic E-state index is -4.07. The molecular weight excluding hydrogens is 263 g/mol. The fourth-order valence-corrected chi connectivity index (χ4v) is 3.72. The van der Waals surface area contributed by atoms with E-state index in [1.807, 2.05) is 0 Å². The van der Waals surface area contributed by atoms with Gasteiger partial charge in [0.05, 0.1) is 0 Å². The first kappa shape index (κ1) is 15.0. The van der Waals surface area contributed by atoms with E-state index < -0.39 is 18.5 Å². The maximum absolute atomic E-state index is 13.1. The standard InChI is InChI=1S/C14H21F5/c15-13(16)7-5-12(6-8-13)11-3-1-10(2-4-11)9-14(17,18)19/h10-12H,1-9H2. The molecule has 2 saturated carbocycles. The van der Waals surface area contributed by atoms with Gasteiger partial charge >= 0.3 is 6.18 Å². The number of rotatable bonds is 2. The van der Waals surface area contributed by atoms with Crippen molar-refractivity contribution in [1.29, 1.82) is 0 Å². The lowest BCUT2D eigenvalue weighted by molar-refractivity contribution is -0.147. The molecule has 0 aliphatic heterocycles. The van der Waals surface area contributed by atoms with Crippen molar-refractivity contribution in [2.75, 3.05) is 0 Å². The monoisotopic (exact) mass is 284 g/mol. The summed E-state index contributed by atoms with van der Waals surface area (Å²) < 4.78 is 63.0. The Morgan fingerprint density at radius 3 is 1.74 bits per heavy atom. The third-order valence-corrected chi connectivity index (χ3v) is 4.84. The Bertz CT molecular complexity index is 279. The number of hydrogen-bond donors (Lipinski definition) is 0. The maximum atomic E-state index is 13.1. The molecular formula is C14H21F5. The SMILES string of the molecule is FC(F)(F)CC1CCC(C2CCC(F)(F)CC2)CC1. The summed E-state index contributed by atoms with van der Waals surface area (Å²) in [5.41, 5.74) is 0. The molecule has 2 fully saturated rings. The molecule has 0 saturated heterocycles. The van der Waals surface area contributed by atoms with Crippen LogP contribution in [0.1, 0.15) is 57.8 Å². The third kappa shape index (κ3) is 4.60. The summed E-state index contributed by atoms with van der Waals surface area (Å²) in [7, 11) is 0. The Labute approximate surface area is 110 Å². The van der Waals surface area contributed by atoms with Gasteiger partial charge in [-0.1, -0.05) is 0 Å². The van der Waals surface area contributed by atoms with Gasteiger partial charge in [0.15, 0.2) is 0 Å². The second-order valence-corrected chi connectivity index (χ2v) is 6.29. The van der Waals surface area contributed by atoms with Gasteiger partial charge < -0.3 is 0 Å². The molecule has 0 unspecified atom stereocenters. The van der Waals surface area contributed by atoms with Crippen LogP contribution in [0, 0.1) is 17.8 Å². The van der Waals surface area contributed by atoms with Crippen LogP contribution in [0.5, 0.6) is 0 Å². The van der Waals surface area contributed by atoms with Gasteiger partial charge in [-0.05, 0) is 56.3 Å². The average molecular weight is 284 g/mol. The Morgan fingerprint density at radius 2 is 1.26 bits per heavy atom. The van der Waals surface area contributed by atoms with Crippen molar-refractivity contribution in [2.45, 2.75) is 69.9 Å². The van der Waals surface area contributed by atoms with Crippen LogP contribution in [0.4, 0.5) is 22.0 Å². The number of hydrogen-bond acceptors (Lipinski definition) is 0. The largest absolute Gasteiger partial charge is 0.389 e. The van der Waals surface area contributed by atoms with Gasteiger partial charge in [-0.2, -0.15) is 13.2 Å². The van der Waals surface area contributed by atoms with Gasteiger partial charge in [0, 0.05) is 19.3 Å². The lowest BCUT2D eigenvalue weighted by Crippen LogP contribution is -2.31. The van der Waals surface area contributed by atoms with Gasteiger partial charge in [0.1, 0.15) is 0 Å². The smallest absolute Gasteiger partial charge is 0.207 e. The van der Waals surface area contributed by atoms with Gasteiger partial charge in [-0.25, -0.2) is 8.78 Å². The van der Waals surface area contributed by atoms with Crippen LogP contribution >= 0.6 is 0 Å². The molecule has 112 valence electrons. The van der Waals surface area contributed by atoms with Gasteiger partial charge in [-0.3, -0.25) is 0 Å². The fraction of sp³-hybridized carbons (Fsp3) is 1.00. The summed E-state index contributed by atoms with van der Waals surface area (Å²) in [6.45, 7) is 0. The van der Waals surface area contributed by atoms with Crippen molar-refractivity contribution in [3.8, 4) is 0 Å². The molecule has 0 aromatic heterocycles. The molecule has 19 heavy (non-hydrogen) atoms. The molecule has 0 aromatic rings. The number of halogens is 5. The molecule has 0 aromatic carbocycles. The number of alkyl halides is 5. The molecule has 0 nitrogen and oxygen atoms in total. The molecule has 2 aliphatic carbocycles. The molecule has 0 amide bonds. The van der Waals surface area contributed by atoms with Crippen LogP contribution in [-0.2, 0) is 0 Å². The van der Waals surface area contributed by atoms with Crippen LogP contribution in [0.2, 0.25) is 0 Å². The van der Waals surface area contributed by atoms with Crippen LogP contribution in [0.25, 0.3) is 0 Å². The van der Waals surface area contributed by atoms with Crippen molar-refractivity contribution in [3.05, 3.63) is 0 Å². The molecule has 0 spiro atoms. The van der Waals surface area contributed by atoms with E-state index in [-0.39, 0.29) is 18.8 Å². The lowest BCUT2D eigenvalue weighted by Gasteiger charge is -2.37. The summed E-state index contributed by atoms with van der Waals surface area (Å²) in [4.78, 5) is 0. The minimum absolute atomic E-state index is 0.0415. The highest BCUT2D eigenvalue weighted by Gasteiger charge is 2.39. The zero-order chi connectivity index (χ0) is 14.1. The van der Waals surface area contributed by atoms with Crippen LogP contribution in [0.3, 0.4) is 0 Å². The zero-order valence-corrected chi connectivity index (χ0v) is 11.0. The predicted octanol–water partition coefficient (Wildman–Crippen LogP) is 5.57. The second-order valence-electron chi connectivity index (χ2n) is 6.29. The lowest BCUT2D eigenvalue weighted by atomic mass is 9.70. The first-order valence-corrected chi connectivity index (χ1v) is 7.20. The summed E-state index contributed by atoms with van der Waals surface area (Å²) >= 11 is 0. The van der Waals surface area contributed by atoms with E-state index in [9.17, 15) is 22.0 Å². The van der Waals surface area contributed by atoms with Crippen molar-refractivity contribution in [1.82, 2.24) is 0 Å². The topological polar surface area (TPSA) is 0 Å². The van der Waals surface area contributed by atoms with Crippen molar-refractivity contribution in [3.63, 3.8) is 0 Å². The van der Waals surface area contributed by atoms with Crippen LogP contribution in [0.15, 0.2) is 0 Å². The molecule has 2 aliphatic rings. The molecule has 0 atom stereocenters. The van der Waals surface area contributed by atoms with Gasteiger partial charge in [-0.15, -0.1) is 0 Å². The third-order valence-electron chi connectivity index (χ3n) is 4.84. The van der Waals surface area contributed by atoms with E-state index >= 15 is 0 Å². The van der Waals surface area contributed by atoms with E-state index in [1.54, 1.807) is 0 Å². The fourth-order valence-electron chi connectivity index (χ4n) is 3.72. The first-order valence-electron chi connectivity index (χ1n) is 7.20. The van der Waals surface area contributed by atoms with Crippen LogP contribution < -0.4 is 0 Å². The highest BCUT2D eigenvalue weighted by Crippen LogP contribution is 2.45. The first-order chi connectivity index (χ1) is 8.75. The second kappa shape index (κ2) is 5.57. The molecule has 0 radical (unpaired) electrons. The Hall–Kier alpha value is -0.350. The molecule has 0 bridgehead atoms. The van der Waals surface area contributed by atoms with E-state index in [1.165, 1.54) is 0 Å². The van der Waals surface area contributed by atoms with Crippen molar-refractivity contribution in [2.24, 2.45) is 17.8 Å². The molecule has 0 heterocycles. The normalized spacial score (nSPS) is 33.3. The highest BCUT2D eigenvalue weighted by molar-refractivity contribution is 4.84. The minimum Gasteiger partial charge on any atom is -0.207 e. The molecule has 5 heteroatoms. The summed E-state index contributed by atoms with van der Waals surface area (Å²) in [5, 5.41) is 0. The predicted molar refractivity (Wildman–Crippen MR) is 63.0 cm³/mol. The van der Waals surface area contributed by atoms with Gasteiger partial charge in [0.2, 0.25) is 5.92 Å².